The number of carbonyl (C=O) groups excluding carboxylic acids is 1. The number of aromatic nitrogens is 1. The molecule has 112 valence electrons. The van der Waals surface area contributed by atoms with Gasteiger partial charge in [0.25, 0.3) is 0 Å². The average molecular weight is 302 g/mol. The molecule has 0 radical (unpaired) electrons. The molecular weight excluding hydrogens is 284 g/mol. The summed E-state index contributed by atoms with van der Waals surface area (Å²) in [6.07, 6.45) is 1.10. The lowest BCUT2D eigenvalue weighted by Crippen LogP contribution is -2.41. The first kappa shape index (κ1) is 15.0. The summed E-state index contributed by atoms with van der Waals surface area (Å²) in [4.78, 5) is 11.9. The summed E-state index contributed by atoms with van der Waals surface area (Å²) in [5, 5.41) is 3.66. The van der Waals surface area contributed by atoms with Crippen LogP contribution in [0.5, 0.6) is 0 Å². The van der Waals surface area contributed by atoms with E-state index in [2.05, 4.69) is 5.16 Å². The van der Waals surface area contributed by atoms with E-state index in [1.54, 1.807) is 20.8 Å². The van der Waals surface area contributed by atoms with Crippen LogP contribution in [0, 0.1) is 13.8 Å². The Morgan fingerprint density at radius 2 is 2.20 bits per heavy atom. The Balaban J connectivity index is 2.36. The fraction of sp³-hybridized carbons (Fsp3) is 0.667. The van der Waals surface area contributed by atoms with E-state index in [0.717, 1.165) is 0 Å². The van der Waals surface area contributed by atoms with Crippen molar-refractivity contribution < 1.29 is 22.5 Å². The van der Waals surface area contributed by atoms with Crippen molar-refractivity contribution in [2.45, 2.75) is 44.6 Å². The fourth-order valence-electron chi connectivity index (χ4n) is 2.46. The summed E-state index contributed by atoms with van der Waals surface area (Å²) in [5.41, 5.74) is 0.303. The predicted octanol–water partition coefficient (Wildman–Crippen LogP) is 1.01. The molecule has 1 aliphatic heterocycles. The molecule has 0 spiro atoms. The molecular formula is C12H18N2O5S. The molecule has 0 amide bonds. The zero-order valence-corrected chi connectivity index (χ0v) is 12.6. The van der Waals surface area contributed by atoms with Gasteiger partial charge in [-0.15, -0.1) is 0 Å². The maximum Gasteiger partial charge on any atom is 0.324 e. The van der Waals surface area contributed by atoms with Gasteiger partial charge in [0.15, 0.2) is 5.76 Å². The van der Waals surface area contributed by atoms with E-state index in [4.69, 9.17) is 9.26 Å². The third kappa shape index (κ3) is 2.45. The van der Waals surface area contributed by atoms with Gasteiger partial charge >= 0.3 is 5.97 Å². The average Bonchev–Trinajstić information content (AvgIpc) is 2.97. The fourth-order valence-corrected chi connectivity index (χ4v) is 4.40. The highest BCUT2D eigenvalue weighted by atomic mass is 32.2. The Kier molecular flexibility index (Phi) is 4.14. The lowest BCUT2D eigenvalue weighted by atomic mass is 10.2. The first-order chi connectivity index (χ1) is 9.39. The van der Waals surface area contributed by atoms with Crippen LogP contribution in [0.25, 0.3) is 0 Å². The molecule has 1 aromatic rings. The zero-order chi connectivity index (χ0) is 14.9. The third-order valence-electron chi connectivity index (χ3n) is 3.30. The van der Waals surface area contributed by atoms with Crippen LogP contribution < -0.4 is 0 Å². The van der Waals surface area contributed by atoms with Gasteiger partial charge in [-0.3, -0.25) is 4.79 Å². The second-order valence-corrected chi connectivity index (χ2v) is 6.51. The molecule has 1 aromatic heterocycles. The van der Waals surface area contributed by atoms with E-state index in [-0.39, 0.29) is 17.3 Å². The molecule has 1 saturated heterocycles. The van der Waals surface area contributed by atoms with Crippen molar-refractivity contribution in [3.63, 3.8) is 0 Å². The van der Waals surface area contributed by atoms with Crippen LogP contribution in [-0.4, -0.2) is 43.0 Å². The van der Waals surface area contributed by atoms with Crippen molar-refractivity contribution in [2.24, 2.45) is 0 Å². The topological polar surface area (TPSA) is 89.7 Å². The number of hydrogen-bond acceptors (Lipinski definition) is 6. The molecule has 0 bridgehead atoms. The van der Waals surface area contributed by atoms with Crippen molar-refractivity contribution in [1.82, 2.24) is 9.46 Å². The number of aryl methyl sites for hydroxylation is 2. The highest BCUT2D eigenvalue weighted by Gasteiger charge is 2.42. The second-order valence-electron chi connectivity index (χ2n) is 4.68. The molecule has 0 aromatic carbocycles. The van der Waals surface area contributed by atoms with Crippen LogP contribution in [0.4, 0.5) is 0 Å². The quantitative estimate of drug-likeness (QED) is 0.771. The summed E-state index contributed by atoms with van der Waals surface area (Å²) < 4.78 is 36.4. The summed E-state index contributed by atoms with van der Waals surface area (Å²) in [6, 6.07) is -0.756. The lowest BCUT2D eigenvalue weighted by molar-refractivity contribution is -0.146. The lowest BCUT2D eigenvalue weighted by Gasteiger charge is -2.22. The van der Waals surface area contributed by atoms with Crippen LogP contribution in [0.3, 0.4) is 0 Å². The smallest absolute Gasteiger partial charge is 0.324 e. The maximum absolute atomic E-state index is 12.7. The van der Waals surface area contributed by atoms with E-state index in [1.807, 2.05) is 0 Å². The van der Waals surface area contributed by atoms with Gasteiger partial charge in [-0.25, -0.2) is 8.42 Å². The predicted molar refractivity (Wildman–Crippen MR) is 69.5 cm³/mol. The molecule has 2 rings (SSSR count). The molecule has 20 heavy (non-hydrogen) atoms. The molecule has 1 atom stereocenters. The van der Waals surface area contributed by atoms with Gasteiger partial charge in [0.1, 0.15) is 16.6 Å². The minimum absolute atomic E-state index is 0.0497. The minimum Gasteiger partial charge on any atom is -0.465 e. The van der Waals surface area contributed by atoms with Crippen molar-refractivity contribution in [2.75, 3.05) is 13.2 Å². The van der Waals surface area contributed by atoms with Crippen molar-refractivity contribution in [3.8, 4) is 0 Å². The Labute approximate surface area is 117 Å². The molecule has 7 nitrogen and oxygen atoms in total. The number of hydrogen-bond donors (Lipinski definition) is 0. The summed E-state index contributed by atoms with van der Waals surface area (Å²) >= 11 is 0. The van der Waals surface area contributed by atoms with Gasteiger partial charge in [-0.05, 0) is 33.6 Å². The molecule has 1 aliphatic rings. The van der Waals surface area contributed by atoms with Gasteiger partial charge < -0.3 is 9.26 Å². The molecule has 0 aliphatic carbocycles. The van der Waals surface area contributed by atoms with Gasteiger partial charge in [0.05, 0.1) is 6.61 Å². The Bertz CT molecular complexity index is 588. The highest BCUT2D eigenvalue weighted by Crippen LogP contribution is 2.30. The van der Waals surface area contributed by atoms with Gasteiger partial charge in [-0.1, -0.05) is 5.16 Å². The van der Waals surface area contributed by atoms with Crippen LogP contribution in [-0.2, 0) is 19.6 Å². The molecule has 1 fully saturated rings. The SMILES string of the molecule is CCOC(=O)C1CCCN1S(=O)(=O)c1c(C)noc1C. The van der Waals surface area contributed by atoms with Crippen LogP contribution in [0.15, 0.2) is 9.42 Å². The van der Waals surface area contributed by atoms with Crippen LogP contribution in [0.2, 0.25) is 0 Å². The van der Waals surface area contributed by atoms with Crippen LogP contribution >= 0.6 is 0 Å². The Morgan fingerprint density at radius 3 is 2.75 bits per heavy atom. The highest BCUT2D eigenvalue weighted by molar-refractivity contribution is 7.89. The summed E-state index contributed by atoms with van der Waals surface area (Å²) in [5.74, 6) is -0.266. The number of sulfonamides is 1. The molecule has 2 heterocycles. The van der Waals surface area contributed by atoms with Gasteiger partial charge in [0.2, 0.25) is 10.0 Å². The molecule has 0 saturated carbocycles. The van der Waals surface area contributed by atoms with E-state index in [1.165, 1.54) is 4.31 Å². The number of nitrogens with zero attached hydrogens (tertiary/aromatic N) is 2. The number of ether oxygens (including phenoxy) is 1. The number of rotatable bonds is 4. The second kappa shape index (κ2) is 5.53. The van der Waals surface area contributed by atoms with E-state index in [0.29, 0.717) is 25.1 Å². The van der Waals surface area contributed by atoms with Crippen molar-refractivity contribution >= 4 is 16.0 Å². The third-order valence-corrected chi connectivity index (χ3v) is 5.45. The molecule has 0 N–H and O–H groups in total. The van der Waals surface area contributed by atoms with Crippen molar-refractivity contribution in [1.29, 1.82) is 0 Å². The first-order valence-electron chi connectivity index (χ1n) is 6.51. The first-order valence-corrected chi connectivity index (χ1v) is 7.95. The van der Waals surface area contributed by atoms with E-state index < -0.39 is 22.0 Å². The zero-order valence-electron chi connectivity index (χ0n) is 11.7. The Hall–Kier alpha value is -1.41. The maximum atomic E-state index is 12.7. The molecule has 1 unspecified atom stereocenters. The van der Waals surface area contributed by atoms with E-state index in [9.17, 15) is 13.2 Å². The largest absolute Gasteiger partial charge is 0.465 e. The van der Waals surface area contributed by atoms with Crippen molar-refractivity contribution in [3.05, 3.63) is 11.5 Å². The normalized spacial score (nSPS) is 20.2. The number of esters is 1. The summed E-state index contributed by atoms with van der Waals surface area (Å²) in [7, 11) is -3.79. The monoisotopic (exact) mass is 302 g/mol. The minimum atomic E-state index is -3.79. The van der Waals surface area contributed by atoms with Crippen LogP contribution in [0.1, 0.15) is 31.2 Å². The van der Waals surface area contributed by atoms with E-state index >= 15 is 0 Å². The standard InChI is InChI=1S/C12H18N2O5S/c1-4-18-12(15)10-6-5-7-14(10)20(16,17)11-8(2)13-19-9(11)3/h10H,4-7H2,1-3H3. The van der Waals surface area contributed by atoms with Gasteiger partial charge in [0, 0.05) is 6.54 Å². The number of carbonyl (C=O) groups is 1. The molecule has 8 heteroatoms. The Morgan fingerprint density at radius 1 is 1.50 bits per heavy atom. The van der Waals surface area contributed by atoms with Gasteiger partial charge in [-0.2, -0.15) is 4.31 Å². The summed E-state index contributed by atoms with van der Waals surface area (Å²) in [6.45, 7) is 5.34.